The lowest BCUT2D eigenvalue weighted by Crippen LogP contribution is -2.18. The van der Waals surface area contributed by atoms with Crippen molar-refractivity contribution in [3.8, 4) is 11.5 Å². The first-order chi connectivity index (χ1) is 12.8. The molecule has 0 fully saturated rings. The third kappa shape index (κ3) is 4.87. The third-order valence-electron chi connectivity index (χ3n) is 4.38. The molecule has 0 aromatic heterocycles. The molecular formula is C23H25NO2. The van der Waals surface area contributed by atoms with Gasteiger partial charge in [0, 0.05) is 12.6 Å². The Hall–Kier alpha value is -2.78. The second-order valence-electron chi connectivity index (χ2n) is 6.27. The first-order valence-electron chi connectivity index (χ1n) is 8.88. The highest BCUT2D eigenvalue weighted by molar-refractivity contribution is 5.43. The van der Waals surface area contributed by atoms with Crippen molar-refractivity contribution in [1.82, 2.24) is 5.32 Å². The van der Waals surface area contributed by atoms with Crippen LogP contribution in [0, 0.1) is 0 Å². The van der Waals surface area contributed by atoms with Gasteiger partial charge in [-0.3, -0.25) is 0 Å². The first-order valence-corrected chi connectivity index (χ1v) is 8.88. The molecule has 3 aromatic rings. The van der Waals surface area contributed by atoms with Crippen LogP contribution in [0.25, 0.3) is 0 Å². The lowest BCUT2D eigenvalue weighted by Gasteiger charge is -2.16. The van der Waals surface area contributed by atoms with E-state index in [1.54, 1.807) is 7.11 Å². The maximum atomic E-state index is 5.99. The number of ether oxygens (including phenoxy) is 2. The van der Waals surface area contributed by atoms with Crippen LogP contribution < -0.4 is 14.8 Å². The van der Waals surface area contributed by atoms with Gasteiger partial charge >= 0.3 is 0 Å². The third-order valence-corrected chi connectivity index (χ3v) is 4.38. The molecule has 3 rings (SSSR count). The summed E-state index contributed by atoms with van der Waals surface area (Å²) in [4.78, 5) is 0. The average Bonchev–Trinajstić information content (AvgIpc) is 2.72. The van der Waals surface area contributed by atoms with Gasteiger partial charge in [0.05, 0.1) is 7.11 Å². The molecule has 0 saturated carbocycles. The minimum absolute atomic E-state index is 0.284. The topological polar surface area (TPSA) is 30.5 Å². The number of rotatable bonds is 8. The smallest absolute Gasteiger partial charge is 0.161 e. The summed E-state index contributed by atoms with van der Waals surface area (Å²) in [6.45, 7) is 3.46. The summed E-state index contributed by atoms with van der Waals surface area (Å²) in [6.07, 6.45) is 0. The Balaban J connectivity index is 1.64. The Morgan fingerprint density at radius 1 is 0.808 bits per heavy atom. The molecule has 0 saturated heterocycles. The van der Waals surface area contributed by atoms with Crippen molar-refractivity contribution < 1.29 is 9.47 Å². The molecule has 26 heavy (non-hydrogen) atoms. The quantitative estimate of drug-likeness (QED) is 0.613. The number of hydrogen-bond donors (Lipinski definition) is 1. The highest BCUT2D eigenvalue weighted by Gasteiger charge is 2.08. The van der Waals surface area contributed by atoms with E-state index in [1.165, 1.54) is 5.56 Å². The molecule has 1 atom stereocenters. The van der Waals surface area contributed by atoms with Crippen LogP contribution in [-0.2, 0) is 13.2 Å². The SMILES string of the molecule is COc1ccc(CNC(C)c2ccccc2)cc1OCc1ccccc1. The fourth-order valence-corrected chi connectivity index (χ4v) is 2.81. The lowest BCUT2D eigenvalue weighted by atomic mass is 10.1. The van der Waals surface area contributed by atoms with Crippen molar-refractivity contribution in [2.24, 2.45) is 0 Å². The monoisotopic (exact) mass is 347 g/mol. The zero-order valence-corrected chi connectivity index (χ0v) is 15.3. The number of hydrogen-bond acceptors (Lipinski definition) is 3. The number of nitrogens with one attached hydrogen (secondary N) is 1. The van der Waals surface area contributed by atoms with Gasteiger partial charge in [0.1, 0.15) is 6.61 Å². The Morgan fingerprint density at radius 2 is 1.50 bits per heavy atom. The van der Waals surface area contributed by atoms with Gasteiger partial charge in [-0.15, -0.1) is 0 Å². The molecule has 3 heteroatoms. The molecular weight excluding hydrogens is 322 g/mol. The molecule has 0 aliphatic rings. The second-order valence-corrected chi connectivity index (χ2v) is 6.27. The molecule has 0 spiro atoms. The largest absolute Gasteiger partial charge is 0.493 e. The average molecular weight is 347 g/mol. The van der Waals surface area contributed by atoms with Crippen molar-refractivity contribution in [1.29, 1.82) is 0 Å². The van der Waals surface area contributed by atoms with Crippen molar-refractivity contribution in [3.05, 3.63) is 95.6 Å². The predicted octanol–water partition coefficient (Wildman–Crippen LogP) is 5.13. The molecule has 1 unspecified atom stereocenters. The van der Waals surface area contributed by atoms with Crippen LogP contribution in [0.1, 0.15) is 29.7 Å². The number of methoxy groups -OCH3 is 1. The van der Waals surface area contributed by atoms with E-state index in [0.29, 0.717) is 6.61 Å². The molecule has 0 amide bonds. The Morgan fingerprint density at radius 3 is 2.19 bits per heavy atom. The summed E-state index contributed by atoms with van der Waals surface area (Å²) >= 11 is 0. The maximum Gasteiger partial charge on any atom is 0.161 e. The molecule has 3 nitrogen and oxygen atoms in total. The minimum Gasteiger partial charge on any atom is -0.493 e. The normalized spacial score (nSPS) is 11.8. The molecule has 0 aliphatic carbocycles. The Labute approximate surface area is 155 Å². The van der Waals surface area contributed by atoms with Crippen LogP contribution in [0.4, 0.5) is 0 Å². The minimum atomic E-state index is 0.284. The predicted molar refractivity (Wildman–Crippen MR) is 105 cm³/mol. The second kappa shape index (κ2) is 9.07. The summed E-state index contributed by atoms with van der Waals surface area (Å²) in [6, 6.07) is 27.0. The Bertz CT molecular complexity index is 803. The van der Waals surface area contributed by atoms with Gasteiger partial charge < -0.3 is 14.8 Å². The van der Waals surface area contributed by atoms with E-state index in [4.69, 9.17) is 9.47 Å². The van der Waals surface area contributed by atoms with E-state index in [1.807, 2.05) is 36.4 Å². The van der Waals surface area contributed by atoms with Crippen molar-refractivity contribution >= 4 is 0 Å². The van der Waals surface area contributed by atoms with E-state index in [2.05, 4.69) is 54.7 Å². The van der Waals surface area contributed by atoms with Gasteiger partial charge in [0.2, 0.25) is 0 Å². The van der Waals surface area contributed by atoms with Crippen molar-refractivity contribution in [2.45, 2.75) is 26.1 Å². The van der Waals surface area contributed by atoms with E-state index < -0.39 is 0 Å². The molecule has 0 bridgehead atoms. The summed E-state index contributed by atoms with van der Waals surface area (Å²) < 4.78 is 11.4. The molecule has 134 valence electrons. The van der Waals surface area contributed by atoms with Gasteiger partial charge in [-0.2, -0.15) is 0 Å². The molecule has 3 aromatic carbocycles. The van der Waals surface area contributed by atoms with Crippen LogP contribution in [0.5, 0.6) is 11.5 Å². The molecule has 0 heterocycles. The van der Waals surface area contributed by atoms with Crippen LogP contribution >= 0.6 is 0 Å². The summed E-state index contributed by atoms with van der Waals surface area (Å²) in [5, 5.41) is 3.56. The van der Waals surface area contributed by atoms with Gasteiger partial charge in [-0.05, 0) is 35.7 Å². The van der Waals surface area contributed by atoms with Crippen LogP contribution in [0.15, 0.2) is 78.9 Å². The van der Waals surface area contributed by atoms with Crippen molar-refractivity contribution in [2.75, 3.05) is 7.11 Å². The van der Waals surface area contributed by atoms with Crippen LogP contribution in [0.3, 0.4) is 0 Å². The zero-order chi connectivity index (χ0) is 18.2. The molecule has 0 aliphatic heterocycles. The van der Waals surface area contributed by atoms with E-state index in [0.717, 1.165) is 29.2 Å². The van der Waals surface area contributed by atoms with E-state index in [9.17, 15) is 0 Å². The van der Waals surface area contributed by atoms with Crippen molar-refractivity contribution in [3.63, 3.8) is 0 Å². The fourth-order valence-electron chi connectivity index (χ4n) is 2.81. The summed E-state index contributed by atoms with van der Waals surface area (Å²) in [7, 11) is 1.67. The van der Waals surface area contributed by atoms with E-state index in [-0.39, 0.29) is 6.04 Å². The molecule has 0 radical (unpaired) electrons. The van der Waals surface area contributed by atoms with Gasteiger partial charge in [-0.25, -0.2) is 0 Å². The van der Waals surface area contributed by atoms with Crippen LogP contribution in [0.2, 0.25) is 0 Å². The van der Waals surface area contributed by atoms with Gasteiger partial charge in [-0.1, -0.05) is 66.7 Å². The highest BCUT2D eigenvalue weighted by atomic mass is 16.5. The van der Waals surface area contributed by atoms with Gasteiger partial charge in [0.25, 0.3) is 0 Å². The fraction of sp³-hybridized carbons (Fsp3) is 0.217. The highest BCUT2D eigenvalue weighted by Crippen LogP contribution is 2.29. The summed E-state index contributed by atoms with van der Waals surface area (Å²) in [5.74, 6) is 1.52. The summed E-state index contributed by atoms with van der Waals surface area (Å²) in [5.41, 5.74) is 3.58. The first kappa shape index (κ1) is 18.0. The van der Waals surface area contributed by atoms with Gasteiger partial charge in [0.15, 0.2) is 11.5 Å². The molecule has 1 N–H and O–H groups in total. The Kier molecular flexibility index (Phi) is 6.29. The maximum absolute atomic E-state index is 5.99. The zero-order valence-electron chi connectivity index (χ0n) is 15.3. The van der Waals surface area contributed by atoms with Crippen LogP contribution in [-0.4, -0.2) is 7.11 Å². The number of benzene rings is 3. The standard InChI is InChI=1S/C23H25NO2/c1-18(21-11-7-4-8-12-21)24-16-20-13-14-22(25-2)23(15-20)26-17-19-9-5-3-6-10-19/h3-15,18,24H,16-17H2,1-2H3. The lowest BCUT2D eigenvalue weighted by molar-refractivity contribution is 0.284. The van der Waals surface area contributed by atoms with E-state index >= 15 is 0 Å².